The molecule has 0 amide bonds. The summed E-state index contributed by atoms with van der Waals surface area (Å²) in [6.07, 6.45) is 0. The van der Waals surface area contributed by atoms with Gasteiger partial charge in [0.1, 0.15) is 5.75 Å². The topological polar surface area (TPSA) is 78.4 Å². The Morgan fingerprint density at radius 1 is 1.33 bits per heavy atom. The molecule has 0 bridgehead atoms. The molecule has 0 saturated carbocycles. The van der Waals surface area contributed by atoms with Gasteiger partial charge in [0.05, 0.1) is 12.0 Å². The van der Waals surface area contributed by atoms with Gasteiger partial charge >= 0.3 is 0 Å². The number of halogens is 1. The van der Waals surface area contributed by atoms with Crippen LogP contribution in [0.2, 0.25) is 0 Å². The van der Waals surface area contributed by atoms with Gasteiger partial charge in [0, 0.05) is 39.0 Å². The number of nitro groups is 1. The second-order valence-electron chi connectivity index (χ2n) is 4.23. The maximum absolute atomic E-state index is 10.7. The molecular formula is C14H13BrN2O3S. The van der Waals surface area contributed by atoms with Crippen molar-refractivity contribution < 1.29 is 9.66 Å². The van der Waals surface area contributed by atoms with Crippen LogP contribution in [0.5, 0.6) is 5.75 Å². The zero-order valence-corrected chi connectivity index (χ0v) is 13.6. The number of ether oxygens (including phenoxy) is 1. The molecule has 21 heavy (non-hydrogen) atoms. The summed E-state index contributed by atoms with van der Waals surface area (Å²) in [5.74, 6) is 1.39. The molecule has 0 saturated heterocycles. The fraction of sp³-hybridized carbons (Fsp3) is 0.143. The molecule has 0 heterocycles. The predicted octanol–water partition coefficient (Wildman–Crippen LogP) is 4.24. The molecule has 0 atom stereocenters. The first-order valence-electron chi connectivity index (χ1n) is 6.00. The van der Waals surface area contributed by atoms with Crippen molar-refractivity contribution in [2.24, 2.45) is 0 Å². The number of hydrogen-bond donors (Lipinski definition) is 1. The lowest BCUT2D eigenvalue weighted by atomic mass is 10.2. The maximum Gasteiger partial charge on any atom is 0.270 e. The van der Waals surface area contributed by atoms with E-state index in [0.717, 1.165) is 20.7 Å². The normalized spacial score (nSPS) is 10.4. The minimum Gasteiger partial charge on any atom is -0.496 e. The number of methoxy groups -OCH3 is 1. The number of nitrogen functional groups attached to an aromatic ring is 1. The standard InChI is InChI=1S/C14H13BrN2O3S/c1-20-13-6-10(16)3-5-14(13)21-8-9-2-4-11(17(18)19)7-12(9)15/h2-7H,8,16H2,1H3. The molecule has 0 aliphatic heterocycles. The molecular weight excluding hydrogens is 356 g/mol. The number of non-ortho nitro benzene ring substituents is 1. The van der Waals surface area contributed by atoms with E-state index in [1.54, 1.807) is 31.0 Å². The van der Waals surface area contributed by atoms with Crippen LogP contribution in [-0.4, -0.2) is 12.0 Å². The van der Waals surface area contributed by atoms with Crippen molar-refractivity contribution >= 4 is 39.1 Å². The largest absolute Gasteiger partial charge is 0.496 e. The third-order valence-electron chi connectivity index (χ3n) is 2.82. The van der Waals surface area contributed by atoms with Crippen molar-refractivity contribution in [1.82, 2.24) is 0 Å². The monoisotopic (exact) mass is 368 g/mol. The molecule has 0 aromatic heterocycles. The van der Waals surface area contributed by atoms with Crippen LogP contribution in [0.25, 0.3) is 0 Å². The smallest absolute Gasteiger partial charge is 0.270 e. The summed E-state index contributed by atoms with van der Waals surface area (Å²) < 4.78 is 6.01. The Morgan fingerprint density at radius 3 is 2.71 bits per heavy atom. The van der Waals surface area contributed by atoms with E-state index in [9.17, 15) is 10.1 Å². The molecule has 2 rings (SSSR count). The molecule has 0 aliphatic rings. The third-order valence-corrected chi connectivity index (χ3v) is 4.66. The number of rotatable bonds is 5. The second-order valence-corrected chi connectivity index (χ2v) is 6.10. The van der Waals surface area contributed by atoms with Gasteiger partial charge in [0.2, 0.25) is 0 Å². The summed E-state index contributed by atoms with van der Waals surface area (Å²) in [5.41, 5.74) is 7.41. The number of benzene rings is 2. The highest BCUT2D eigenvalue weighted by atomic mass is 79.9. The summed E-state index contributed by atoms with van der Waals surface area (Å²) in [4.78, 5) is 11.3. The van der Waals surface area contributed by atoms with Gasteiger partial charge in [-0.25, -0.2) is 0 Å². The molecule has 2 aromatic carbocycles. The SMILES string of the molecule is COc1cc(N)ccc1SCc1ccc([N+](=O)[O-])cc1Br. The Hall–Kier alpha value is -1.73. The van der Waals surface area contributed by atoms with Gasteiger partial charge in [-0.1, -0.05) is 22.0 Å². The van der Waals surface area contributed by atoms with Gasteiger partial charge in [-0.3, -0.25) is 10.1 Å². The van der Waals surface area contributed by atoms with E-state index in [2.05, 4.69) is 15.9 Å². The average Bonchev–Trinajstić information content (AvgIpc) is 2.46. The lowest BCUT2D eigenvalue weighted by Crippen LogP contribution is -1.92. The van der Waals surface area contributed by atoms with Crippen LogP contribution in [0.3, 0.4) is 0 Å². The summed E-state index contributed by atoms with van der Waals surface area (Å²) >= 11 is 4.95. The van der Waals surface area contributed by atoms with Crippen LogP contribution in [0.15, 0.2) is 45.8 Å². The fourth-order valence-electron chi connectivity index (χ4n) is 1.73. The zero-order valence-electron chi connectivity index (χ0n) is 11.2. The Bertz CT molecular complexity index is 679. The summed E-state index contributed by atoms with van der Waals surface area (Å²) in [7, 11) is 1.60. The highest BCUT2D eigenvalue weighted by Crippen LogP contribution is 2.35. The van der Waals surface area contributed by atoms with Crippen LogP contribution in [0, 0.1) is 10.1 Å². The van der Waals surface area contributed by atoms with Gasteiger partial charge in [0.25, 0.3) is 5.69 Å². The second kappa shape index (κ2) is 6.82. The van der Waals surface area contributed by atoms with Crippen LogP contribution in [0.4, 0.5) is 11.4 Å². The summed E-state index contributed by atoms with van der Waals surface area (Å²) in [6, 6.07) is 10.2. The quantitative estimate of drug-likeness (QED) is 0.369. The Labute approximate surface area is 134 Å². The number of nitrogens with zero attached hydrogens (tertiary/aromatic N) is 1. The predicted molar refractivity (Wildman–Crippen MR) is 87.8 cm³/mol. The van der Waals surface area contributed by atoms with Crippen molar-refractivity contribution in [2.75, 3.05) is 12.8 Å². The highest BCUT2D eigenvalue weighted by Gasteiger charge is 2.10. The first-order valence-corrected chi connectivity index (χ1v) is 7.78. The highest BCUT2D eigenvalue weighted by molar-refractivity contribution is 9.10. The molecule has 0 aliphatic carbocycles. The maximum atomic E-state index is 10.7. The molecule has 7 heteroatoms. The van der Waals surface area contributed by atoms with Gasteiger partial charge in [0.15, 0.2) is 0 Å². The van der Waals surface area contributed by atoms with Gasteiger partial charge in [-0.2, -0.15) is 0 Å². The van der Waals surface area contributed by atoms with E-state index in [1.165, 1.54) is 12.1 Å². The van der Waals surface area contributed by atoms with Gasteiger partial charge in [-0.15, -0.1) is 11.8 Å². The number of nitro benzene ring substituents is 1. The van der Waals surface area contributed by atoms with E-state index >= 15 is 0 Å². The van der Waals surface area contributed by atoms with Crippen LogP contribution >= 0.6 is 27.7 Å². The fourth-order valence-corrected chi connectivity index (χ4v) is 3.43. The number of hydrogen-bond acceptors (Lipinski definition) is 5. The summed E-state index contributed by atoms with van der Waals surface area (Å²) in [5, 5.41) is 10.7. The molecule has 5 nitrogen and oxygen atoms in total. The van der Waals surface area contributed by atoms with Gasteiger partial charge < -0.3 is 10.5 Å². The molecule has 0 spiro atoms. The Kier molecular flexibility index (Phi) is 5.08. The number of nitrogens with two attached hydrogens (primary N) is 1. The van der Waals surface area contributed by atoms with E-state index in [0.29, 0.717) is 11.4 Å². The molecule has 2 N–H and O–H groups in total. The minimum atomic E-state index is -0.412. The first kappa shape index (κ1) is 15.7. The van der Waals surface area contributed by atoms with E-state index in [1.807, 2.05) is 12.1 Å². The molecule has 110 valence electrons. The van der Waals surface area contributed by atoms with Crippen LogP contribution < -0.4 is 10.5 Å². The van der Waals surface area contributed by atoms with Crippen LogP contribution in [0.1, 0.15) is 5.56 Å². The Balaban J connectivity index is 2.15. The lowest BCUT2D eigenvalue weighted by molar-refractivity contribution is -0.384. The third kappa shape index (κ3) is 3.89. The van der Waals surface area contributed by atoms with Crippen molar-refractivity contribution in [3.8, 4) is 5.75 Å². The summed E-state index contributed by atoms with van der Waals surface area (Å²) in [6.45, 7) is 0. The van der Waals surface area contributed by atoms with E-state index < -0.39 is 4.92 Å². The molecule has 0 unspecified atom stereocenters. The van der Waals surface area contributed by atoms with Crippen molar-refractivity contribution in [1.29, 1.82) is 0 Å². The van der Waals surface area contributed by atoms with Crippen molar-refractivity contribution in [3.63, 3.8) is 0 Å². The minimum absolute atomic E-state index is 0.0701. The number of anilines is 1. The van der Waals surface area contributed by atoms with Crippen molar-refractivity contribution in [3.05, 3.63) is 56.5 Å². The van der Waals surface area contributed by atoms with E-state index in [-0.39, 0.29) is 5.69 Å². The average molecular weight is 369 g/mol. The first-order chi connectivity index (χ1) is 10.0. The molecule has 0 radical (unpaired) electrons. The van der Waals surface area contributed by atoms with E-state index in [4.69, 9.17) is 10.5 Å². The Morgan fingerprint density at radius 2 is 2.10 bits per heavy atom. The van der Waals surface area contributed by atoms with Gasteiger partial charge in [-0.05, 0) is 17.7 Å². The molecule has 0 fully saturated rings. The zero-order chi connectivity index (χ0) is 15.4. The number of thioether (sulfide) groups is 1. The lowest BCUT2D eigenvalue weighted by Gasteiger charge is -2.09. The van der Waals surface area contributed by atoms with Crippen LogP contribution in [-0.2, 0) is 5.75 Å². The molecule has 2 aromatic rings. The van der Waals surface area contributed by atoms with Crippen molar-refractivity contribution in [2.45, 2.75) is 10.6 Å².